The van der Waals surface area contributed by atoms with Crippen molar-refractivity contribution in [2.75, 3.05) is 5.32 Å². The van der Waals surface area contributed by atoms with Gasteiger partial charge >= 0.3 is 0 Å². The van der Waals surface area contributed by atoms with E-state index < -0.39 is 6.04 Å². The number of halogens is 1. The second-order valence-electron chi connectivity index (χ2n) is 7.42. The van der Waals surface area contributed by atoms with E-state index in [4.69, 9.17) is 0 Å². The third-order valence-corrected chi connectivity index (χ3v) is 3.35. The zero-order valence-corrected chi connectivity index (χ0v) is 12.8. The van der Waals surface area contributed by atoms with E-state index in [1.165, 1.54) is 12.1 Å². The summed E-state index contributed by atoms with van der Waals surface area (Å²) in [5.74, 6) is -0.437. The van der Waals surface area contributed by atoms with Crippen molar-refractivity contribution in [3.8, 4) is 0 Å². The van der Waals surface area contributed by atoms with Crippen LogP contribution in [0, 0.1) is 11.2 Å². The van der Waals surface area contributed by atoms with Crippen LogP contribution in [0.1, 0.15) is 52.6 Å². The third kappa shape index (κ3) is 3.37. The van der Waals surface area contributed by atoms with Gasteiger partial charge in [0.2, 0.25) is 5.91 Å². The monoisotopic (exact) mass is 278 g/mol. The Balaban J connectivity index is 2.22. The lowest BCUT2D eigenvalue weighted by Gasteiger charge is -2.35. The highest BCUT2D eigenvalue weighted by atomic mass is 19.1. The first-order valence-electron chi connectivity index (χ1n) is 6.95. The maximum atomic E-state index is 13.4. The molecule has 1 amide bonds. The molecule has 2 N–H and O–H groups in total. The molecule has 0 spiro atoms. The largest absolute Gasteiger partial charge is 0.324 e. The van der Waals surface area contributed by atoms with E-state index in [9.17, 15) is 9.18 Å². The summed E-state index contributed by atoms with van der Waals surface area (Å²) in [5, 5.41) is 6.16. The standard InChI is InChI=1S/C16H23FN2O/c1-15(2,3)9-16(4,5)19-13-11-8-10(17)6-7-12(11)18-14(13)20/h6-8,13,19H,9H2,1-5H3,(H,18,20). The molecule has 20 heavy (non-hydrogen) atoms. The smallest absolute Gasteiger partial charge is 0.246 e. The number of hydrogen-bond donors (Lipinski definition) is 2. The van der Waals surface area contributed by atoms with Gasteiger partial charge in [-0.2, -0.15) is 0 Å². The van der Waals surface area contributed by atoms with Crippen molar-refractivity contribution in [2.24, 2.45) is 5.41 Å². The topological polar surface area (TPSA) is 41.1 Å². The Morgan fingerprint density at radius 2 is 1.90 bits per heavy atom. The Morgan fingerprint density at radius 3 is 2.50 bits per heavy atom. The molecule has 3 nitrogen and oxygen atoms in total. The summed E-state index contributed by atoms with van der Waals surface area (Å²) in [6, 6.07) is 3.92. The highest BCUT2D eigenvalue weighted by molar-refractivity contribution is 6.02. The van der Waals surface area contributed by atoms with Gasteiger partial charge in [-0.1, -0.05) is 20.8 Å². The summed E-state index contributed by atoms with van der Waals surface area (Å²) in [7, 11) is 0. The van der Waals surface area contributed by atoms with Gasteiger partial charge in [0.05, 0.1) is 0 Å². The van der Waals surface area contributed by atoms with Crippen LogP contribution >= 0.6 is 0 Å². The molecule has 0 radical (unpaired) electrons. The normalized spacial score (nSPS) is 18.9. The molecule has 2 rings (SSSR count). The number of rotatable bonds is 3. The molecule has 0 bridgehead atoms. The maximum absolute atomic E-state index is 13.4. The minimum absolute atomic E-state index is 0.118. The Hall–Kier alpha value is -1.42. The number of carbonyl (C=O) groups is 1. The summed E-state index contributed by atoms with van der Waals surface area (Å²) >= 11 is 0. The lowest BCUT2D eigenvalue weighted by molar-refractivity contribution is -0.118. The first kappa shape index (κ1) is 15.0. The fourth-order valence-corrected chi connectivity index (χ4v) is 3.14. The van der Waals surface area contributed by atoms with Gasteiger partial charge in [-0.05, 0) is 43.9 Å². The molecular weight excluding hydrogens is 255 g/mol. The Bertz CT molecular complexity index is 532. The molecule has 1 atom stereocenters. The van der Waals surface area contributed by atoms with Crippen molar-refractivity contribution in [2.45, 2.75) is 52.6 Å². The summed E-state index contributed by atoms with van der Waals surface area (Å²) in [6.45, 7) is 10.6. The average molecular weight is 278 g/mol. The van der Waals surface area contributed by atoms with Gasteiger partial charge in [0, 0.05) is 16.8 Å². The van der Waals surface area contributed by atoms with E-state index in [0.717, 1.165) is 6.42 Å². The molecule has 0 saturated carbocycles. The van der Waals surface area contributed by atoms with E-state index in [2.05, 4.69) is 45.3 Å². The number of hydrogen-bond acceptors (Lipinski definition) is 2. The van der Waals surface area contributed by atoms with Crippen LogP contribution in [0.15, 0.2) is 18.2 Å². The lowest BCUT2D eigenvalue weighted by atomic mass is 9.81. The molecule has 1 aromatic carbocycles. The summed E-state index contributed by atoms with van der Waals surface area (Å²) < 4.78 is 13.4. The van der Waals surface area contributed by atoms with E-state index in [0.29, 0.717) is 11.3 Å². The summed E-state index contributed by atoms with van der Waals surface area (Å²) in [4.78, 5) is 12.1. The third-order valence-electron chi connectivity index (χ3n) is 3.35. The van der Waals surface area contributed by atoms with Gasteiger partial charge in [0.25, 0.3) is 0 Å². The van der Waals surface area contributed by atoms with Gasteiger partial charge in [-0.15, -0.1) is 0 Å². The first-order chi connectivity index (χ1) is 9.07. The Morgan fingerprint density at radius 1 is 1.25 bits per heavy atom. The zero-order valence-electron chi connectivity index (χ0n) is 12.8. The molecule has 1 aliphatic rings. The van der Waals surface area contributed by atoms with Crippen molar-refractivity contribution in [1.82, 2.24) is 5.32 Å². The second-order valence-corrected chi connectivity index (χ2v) is 7.42. The van der Waals surface area contributed by atoms with Gasteiger partial charge < -0.3 is 5.32 Å². The lowest BCUT2D eigenvalue weighted by Crippen LogP contribution is -2.46. The molecule has 110 valence electrons. The number of fused-ring (bicyclic) bond motifs is 1. The van der Waals surface area contributed by atoms with Crippen LogP contribution in [-0.4, -0.2) is 11.4 Å². The van der Waals surface area contributed by atoms with Crippen molar-refractivity contribution >= 4 is 11.6 Å². The average Bonchev–Trinajstić information content (AvgIpc) is 2.52. The minimum Gasteiger partial charge on any atom is -0.324 e. The van der Waals surface area contributed by atoms with Crippen LogP contribution in [0.25, 0.3) is 0 Å². The van der Waals surface area contributed by atoms with Crippen LogP contribution in [0.5, 0.6) is 0 Å². The second kappa shape index (κ2) is 4.85. The van der Waals surface area contributed by atoms with Gasteiger partial charge in [0.15, 0.2) is 0 Å². The van der Waals surface area contributed by atoms with Crippen molar-refractivity contribution in [3.05, 3.63) is 29.6 Å². The first-order valence-corrected chi connectivity index (χ1v) is 6.95. The number of nitrogens with one attached hydrogen (secondary N) is 2. The molecule has 0 fully saturated rings. The van der Waals surface area contributed by atoms with Crippen LogP contribution < -0.4 is 10.6 Å². The molecule has 1 aliphatic heterocycles. The summed E-state index contributed by atoms with van der Waals surface area (Å²) in [6.07, 6.45) is 0.911. The molecule has 0 saturated heterocycles. The quantitative estimate of drug-likeness (QED) is 0.886. The predicted octanol–water partition coefficient (Wildman–Crippen LogP) is 3.62. The maximum Gasteiger partial charge on any atom is 0.246 e. The van der Waals surface area contributed by atoms with Crippen molar-refractivity contribution in [1.29, 1.82) is 0 Å². The number of amides is 1. The molecule has 4 heteroatoms. The molecular formula is C16H23FN2O. The fourth-order valence-electron chi connectivity index (χ4n) is 3.14. The van der Waals surface area contributed by atoms with Crippen LogP contribution in [-0.2, 0) is 4.79 Å². The molecule has 0 aliphatic carbocycles. The minimum atomic E-state index is -0.488. The van der Waals surface area contributed by atoms with Crippen molar-refractivity contribution in [3.63, 3.8) is 0 Å². The number of anilines is 1. The predicted molar refractivity (Wildman–Crippen MR) is 79.1 cm³/mol. The van der Waals surface area contributed by atoms with Gasteiger partial charge in [-0.25, -0.2) is 4.39 Å². The van der Waals surface area contributed by atoms with E-state index in [1.807, 2.05) is 0 Å². The van der Waals surface area contributed by atoms with Crippen LogP contribution in [0.4, 0.5) is 10.1 Å². The highest BCUT2D eigenvalue weighted by Gasteiger charge is 2.36. The molecule has 1 unspecified atom stereocenters. The van der Waals surface area contributed by atoms with Gasteiger partial charge in [0.1, 0.15) is 11.9 Å². The van der Waals surface area contributed by atoms with Crippen molar-refractivity contribution < 1.29 is 9.18 Å². The molecule has 1 aromatic rings. The van der Waals surface area contributed by atoms with E-state index in [-0.39, 0.29) is 22.7 Å². The fraction of sp³-hybridized carbons (Fsp3) is 0.562. The Kier molecular flexibility index (Phi) is 3.63. The Labute approximate surface area is 120 Å². The molecule has 1 heterocycles. The van der Waals surface area contributed by atoms with Crippen LogP contribution in [0.3, 0.4) is 0 Å². The van der Waals surface area contributed by atoms with E-state index >= 15 is 0 Å². The van der Waals surface area contributed by atoms with Gasteiger partial charge in [-0.3, -0.25) is 10.1 Å². The van der Waals surface area contributed by atoms with Crippen LogP contribution in [0.2, 0.25) is 0 Å². The SMILES string of the molecule is CC(C)(C)CC(C)(C)NC1C(=O)Nc2ccc(F)cc21. The van der Waals surface area contributed by atoms with E-state index in [1.54, 1.807) is 6.07 Å². The number of benzene rings is 1. The highest BCUT2D eigenvalue weighted by Crippen LogP contribution is 2.35. The summed E-state index contributed by atoms with van der Waals surface area (Å²) in [5.41, 5.74) is 1.32. The zero-order chi connectivity index (χ0) is 15.1. The molecule has 0 aromatic heterocycles. The number of carbonyl (C=O) groups excluding carboxylic acids is 1.